The van der Waals surface area contributed by atoms with Crippen LogP contribution in [-0.4, -0.2) is 0 Å². The number of hydrogen-bond acceptors (Lipinski definition) is 2. The van der Waals surface area contributed by atoms with Crippen molar-refractivity contribution in [3.63, 3.8) is 0 Å². The van der Waals surface area contributed by atoms with Gasteiger partial charge in [-0.2, -0.15) is 5.26 Å². The summed E-state index contributed by atoms with van der Waals surface area (Å²) in [5.74, 6) is 0. The number of nitrogens with one attached hydrogen (secondary N) is 1. The number of nitrogens with zero attached hydrogens (tertiary/aromatic N) is 1. The normalized spacial score (nSPS) is 10.1. The molecule has 0 aliphatic carbocycles. The summed E-state index contributed by atoms with van der Waals surface area (Å²) in [7, 11) is 0. The largest absolute Gasteiger partial charge is 0.353 e. The topological polar surface area (TPSA) is 35.8 Å². The van der Waals surface area contributed by atoms with Gasteiger partial charge in [0.2, 0.25) is 0 Å². The highest BCUT2D eigenvalue weighted by Gasteiger charge is 2.09. The zero-order valence-electron chi connectivity index (χ0n) is 9.35. The van der Waals surface area contributed by atoms with E-state index < -0.39 is 0 Å². The minimum absolute atomic E-state index is 0.365. The standard InChI is InChI=1S/C13H6Cl4N2/c14-8-2-1-7(6-18)12(3-8)19-13-5-10(16)9(15)4-11(13)17/h1-5,19H. The average Bonchev–Trinajstić information content (AvgIpc) is 2.36. The first-order valence-corrected chi connectivity index (χ1v) is 6.63. The maximum Gasteiger partial charge on any atom is 0.101 e. The fraction of sp³-hybridized carbons (Fsp3) is 0. The van der Waals surface area contributed by atoms with Crippen LogP contribution in [0.2, 0.25) is 20.1 Å². The van der Waals surface area contributed by atoms with E-state index >= 15 is 0 Å². The summed E-state index contributed by atoms with van der Waals surface area (Å²) in [6.07, 6.45) is 0. The molecular formula is C13H6Cl4N2. The molecule has 0 amide bonds. The highest BCUT2D eigenvalue weighted by molar-refractivity contribution is 6.44. The van der Waals surface area contributed by atoms with Gasteiger partial charge in [0.25, 0.3) is 0 Å². The van der Waals surface area contributed by atoms with Crippen molar-refractivity contribution in [1.82, 2.24) is 0 Å². The van der Waals surface area contributed by atoms with E-state index in [0.29, 0.717) is 37.0 Å². The number of nitriles is 1. The van der Waals surface area contributed by atoms with Gasteiger partial charge in [0, 0.05) is 5.02 Å². The summed E-state index contributed by atoms with van der Waals surface area (Å²) in [5, 5.41) is 13.7. The fourth-order valence-corrected chi connectivity index (χ4v) is 2.25. The number of hydrogen-bond donors (Lipinski definition) is 1. The second kappa shape index (κ2) is 5.90. The highest BCUT2D eigenvalue weighted by atomic mass is 35.5. The molecule has 0 atom stereocenters. The average molecular weight is 332 g/mol. The third kappa shape index (κ3) is 3.26. The molecule has 0 aliphatic rings. The van der Waals surface area contributed by atoms with Gasteiger partial charge in [-0.1, -0.05) is 46.4 Å². The molecule has 0 fully saturated rings. The minimum atomic E-state index is 0.365. The van der Waals surface area contributed by atoms with Crippen molar-refractivity contribution in [2.75, 3.05) is 5.32 Å². The molecule has 0 heterocycles. The SMILES string of the molecule is N#Cc1ccc(Cl)cc1Nc1cc(Cl)c(Cl)cc1Cl. The van der Waals surface area contributed by atoms with Crippen LogP contribution in [-0.2, 0) is 0 Å². The Kier molecular flexibility index (Phi) is 4.44. The fourth-order valence-electron chi connectivity index (χ4n) is 1.48. The molecule has 0 aromatic heterocycles. The molecule has 1 N–H and O–H groups in total. The quantitative estimate of drug-likeness (QED) is 0.694. The van der Waals surface area contributed by atoms with Crippen molar-refractivity contribution in [3.05, 3.63) is 56.0 Å². The van der Waals surface area contributed by atoms with Crippen LogP contribution in [0.5, 0.6) is 0 Å². The summed E-state index contributed by atoms with van der Waals surface area (Å²) in [6.45, 7) is 0. The van der Waals surface area contributed by atoms with Crippen molar-refractivity contribution in [2.45, 2.75) is 0 Å². The molecule has 0 aliphatic heterocycles. The Labute approximate surface area is 130 Å². The monoisotopic (exact) mass is 330 g/mol. The van der Waals surface area contributed by atoms with E-state index in [0.717, 1.165) is 0 Å². The molecular weight excluding hydrogens is 326 g/mol. The van der Waals surface area contributed by atoms with Gasteiger partial charge in [0.15, 0.2) is 0 Å². The van der Waals surface area contributed by atoms with Crippen LogP contribution in [0.1, 0.15) is 5.56 Å². The van der Waals surface area contributed by atoms with Crippen LogP contribution in [0.25, 0.3) is 0 Å². The van der Waals surface area contributed by atoms with Crippen LogP contribution >= 0.6 is 46.4 Å². The molecule has 2 aromatic rings. The first-order chi connectivity index (χ1) is 9.01. The highest BCUT2D eigenvalue weighted by Crippen LogP contribution is 2.35. The lowest BCUT2D eigenvalue weighted by molar-refractivity contribution is 1.46. The zero-order valence-corrected chi connectivity index (χ0v) is 12.4. The lowest BCUT2D eigenvalue weighted by atomic mass is 10.2. The third-order valence-electron chi connectivity index (χ3n) is 2.38. The summed E-state index contributed by atoms with van der Waals surface area (Å²) in [5.41, 5.74) is 1.55. The Morgan fingerprint density at radius 1 is 0.842 bits per heavy atom. The summed E-state index contributed by atoms with van der Waals surface area (Å²) in [4.78, 5) is 0. The molecule has 2 nitrogen and oxygen atoms in total. The molecule has 0 saturated carbocycles. The van der Waals surface area contributed by atoms with Crippen molar-refractivity contribution >= 4 is 57.8 Å². The van der Waals surface area contributed by atoms with Crippen molar-refractivity contribution in [2.24, 2.45) is 0 Å². The molecule has 0 unspecified atom stereocenters. The van der Waals surface area contributed by atoms with Crippen LogP contribution in [0.4, 0.5) is 11.4 Å². The molecule has 96 valence electrons. The van der Waals surface area contributed by atoms with Crippen molar-refractivity contribution in [3.8, 4) is 6.07 Å². The molecule has 0 spiro atoms. The van der Waals surface area contributed by atoms with E-state index in [4.69, 9.17) is 51.7 Å². The van der Waals surface area contributed by atoms with Gasteiger partial charge < -0.3 is 5.32 Å². The second-order valence-corrected chi connectivity index (χ2v) is 5.33. The number of halogens is 4. The Morgan fingerprint density at radius 3 is 2.21 bits per heavy atom. The van der Waals surface area contributed by atoms with Crippen molar-refractivity contribution < 1.29 is 0 Å². The van der Waals surface area contributed by atoms with Crippen LogP contribution in [0.15, 0.2) is 30.3 Å². The van der Waals surface area contributed by atoms with Gasteiger partial charge >= 0.3 is 0 Å². The van der Waals surface area contributed by atoms with E-state index in [1.165, 1.54) is 6.07 Å². The van der Waals surface area contributed by atoms with Gasteiger partial charge in [0.05, 0.1) is 32.0 Å². The van der Waals surface area contributed by atoms with Gasteiger partial charge in [-0.05, 0) is 30.3 Å². The summed E-state index contributed by atoms with van der Waals surface area (Å²) < 4.78 is 0. The molecule has 0 saturated heterocycles. The Bertz CT molecular complexity index is 677. The zero-order chi connectivity index (χ0) is 14.0. The third-order valence-corrected chi connectivity index (χ3v) is 3.65. The first kappa shape index (κ1) is 14.3. The van der Waals surface area contributed by atoms with Crippen molar-refractivity contribution in [1.29, 1.82) is 5.26 Å². The van der Waals surface area contributed by atoms with Crippen LogP contribution in [0, 0.1) is 11.3 Å². The van der Waals surface area contributed by atoms with E-state index in [9.17, 15) is 0 Å². The molecule has 19 heavy (non-hydrogen) atoms. The molecule has 2 aromatic carbocycles. The number of benzene rings is 2. The molecule has 2 rings (SSSR count). The maximum absolute atomic E-state index is 9.04. The smallest absolute Gasteiger partial charge is 0.101 e. The summed E-state index contributed by atoms with van der Waals surface area (Å²) >= 11 is 23.8. The molecule has 0 radical (unpaired) electrons. The Morgan fingerprint density at radius 2 is 1.53 bits per heavy atom. The van der Waals surface area contributed by atoms with Crippen LogP contribution in [0.3, 0.4) is 0 Å². The van der Waals surface area contributed by atoms with Gasteiger partial charge in [-0.3, -0.25) is 0 Å². The first-order valence-electron chi connectivity index (χ1n) is 5.12. The predicted octanol–water partition coefficient (Wildman–Crippen LogP) is 5.92. The Balaban J connectivity index is 2.45. The maximum atomic E-state index is 9.04. The van der Waals surface area contributed by atoms with E-state index in [1.807, 2.05) is 0 Å². The van der Waals surface area contributed by atoms with Gasteiger partial charge in [-0.25, -0.2) is 0 Å². The van der Waals surface area contributed by atoms with Gasteiger partial charge in [-0.15, -0.1) is 0 Å². The predicted molar refractivity (Wildman–Crippen MR) is 80.9 cm³/mol. The Hall–Kier alpha value is -1.11. The minimum Gasteiger partial charge on any atom is -0.353 e. The number of anilines is 2. The van der Waals surface area contributed by atoms with E-state index in [1.54, 1.807) is 24.3 Å². The summed E-state index contributed by atoms with van der Waals surface area (Å²) in [6, 6.07) is 10.1. The lowest BCUT2D eigenvalue weighted by Crippen LogP contribution is -1.94. The molecule has 0 bridgehead atoms. The number of rotatable bonds is 2. The van der Waals surface area contributed by atoms with Gasteiger partial charge in [0.1, 0.15) is 6.07 Å². The second-order valence-electron chi connectivity index (χ2n) is 3.67. The molecule has 6 heteroatoms. The van der Waals surface area contributed by atoms with E-state index in [-0.39, 0.29) is 0 Å². The van der Waals surface area contributed by atoms with E-state index in [2.05, 4.69) is 11.4 Å². The van der Waals surface area contributed by atoms with Crippen LogP contribution < -0.4 is 5.32 Å². The lowest BCUT2D eigenvalue weighted by Gasteiger charge is -2.11.